The lowest BCUT2D eigenvalue weighted by atomic mass is 9.88. The van der Waals surface area contributed by atoms with Crippen LogP contribution in [-0.4, -0.2) is 42.1 Å². The van der Waals surface area contributed by atoms with E-state index in [1.807, 2.05) is 11.0 Å². The van der Waals surface area contributed by atoms with Crippen LogP contribution in [0.5, 0.6) is 0 Å². The lowest BCUT2D eigenvalue weighted by molar-refractivity contribution is 0.0735. The SMILES string of the molecule is CC1CCc2onc(C(=O)N3CCN(c4ccccc4F)CC3)c2C1. The Kier molecular flexibility index (Phi) is 4.19. The maximum atomic E-state index is 13.9. The minimum atomic E-state index is -0.221. The number of halogens is 1. The molecule has 5 nitrogen and oxygen atoms in total. The van der Waals surface area contributed by atoms with Crippen LogP contribution in [0.15, 0.2) is 28.8 Å². The molecule has 6 heteroatoms. The van der Waals surface area contributed by atoms with E-state index in [0.717, 1.165) is 30.6 Å². The molecule has 0 bridgehead atoms. The van der Waals surface area contributed by atoms with E-state index < -0.39 is 0 Å². The van der Waals surface area contributed by atoms with Crippen molar-refractivity contribution in [3.05, 3.63) is 47.1 Å². The first-order valence-corrected chi connectivity index (χ1v) is 8.89. The summed E-state index contributed by atoms with van der Waals surface area (Å²) in [6.07, 6.45) is 2.80. The van der Waals surface area contributed by atoms with Crippen molar-refractivity contribution in [2.45, 2.75) is 26.2 Å². The summed E-state index contributed by atoms with van der Waals surface area (Å²) < 4.78 is 19.3. The third kappa shape index (κ3) is 3.01. The molecule has 0 radical (unpaired) electrons. The third-order valence-corrected chi connectivity index (χ3v) is 5.25. The van der Waals surface area contributed by atoms with E-state index in [2.05, 4.69) is 12.1 Å². The molecule has 1 atom stereocenters. The number of fused-ring (bicyclic) bond motifs is 1. The molecule has 1 unspecified atom stereocenters. The van der Waals surface area contributed by atoms with Gasteiger partial charge in [-0.2, -0.15) is 0 Å². The highest BCUT2D eigenvalue weighted by Crippen LogP contribution is 2.29. The molecule has 1 aliphatic carbocycles. The summed E-state index contributed by atoms with van der Waals surface area (Å²) in [7, 11) is 0. The monoisotopic (exact) mass is 343 g/mol. The number of aryl methyl sites for hydroxylation is 1. The first-order valence-electron chi connectivity index (χ1n) is 8.89. The number of para-hydroxylation sites is 1. The van der Waals surface area contributed by atoms with Crippen molar-refractivity contribution in [2.24, 2.45) is 5.92 Å². The van der Waals surface area contributed by atoms with Crippen molar-refractivity contribution in [1.82, 2.24) is 10.1 Å². The van der Waals surface area contributed by atoms with Crippen molar-refractivity contribution in [1.29, 1.82) is 0 Å². The van der Waals surface area contributed by atoms with Gasteiger partial charge in [0.25, 0.3) is 5.91 Å². The normalized spacial score (nSPS) is 20.5. The van der Waals surface area contributed by atoms with Gasteiger partial charge in [-0.15, -0.1) is 0 Å². The summed E-state index contributed by atoms with van der Waals surface area (Å²) >= 11 is 0. The fourth-order valence-corrected chi connectivity index (χ4v) is 3.75. The predicted octanol–water partition coefficient (Wildman–Crippen LogP) is 2.90. The second kappa shape index (κ2) is 6.50. The number of carbonyl (C=O) groups is 1. The van der Waals surface area contributed by atoms with E-state index >= 15 is 0 Å². The molecular formula is C19H22FN3O2. The molecule has 1 saturated heterocycles. The second-order valence-electron chi connectivity index (χ2n) is 7.01. The minimum Gasteiger partial charge on any atom is -0.366 e. The number of amides is 1. The van der Waals surface area contributed by atoms with Crippen molar-refractivity contribution >= 4 is 11.6 Å². The smallest absolute Gasteiger partial charge is 0.276 e. The number of nitrogens with zero attached hydrogens (tertiary/aromatic N) is 3. The van der Waals surface area contributed by atoms with Gasteiger partial charge < -0.3 is 14.3 Å². The van der Waals surface area contributed by atoms with Gasteiger partial charge >= 0.3 is 0 Å². The summed E-state index contributed by atoms with van der Waals surface area (Å²) in [5.41, 5.74) is 2.06. The highest BCUT2D eigenvalue weighted by Gasteiger charge is 2.31. The van der Waals surface area contributed by atoms with Crippen LogP contribution in [0.4, 0.5) is 10.1 Å². The van der Waals surface area contributed by atoms with Crippen molar-refractivity contribution in [2.75, 3.05) is 31.1 Å². The number of aromatic nitrogens is 1. The van der Waals surface area contributed by atoms with E-state index in [0.29, 0.717) is 43.5 Å². The fraction of sp³-hybridized carbons (Fsp3) is 0.474. The van der Waals surface area contributed by atoms with Gasteiger partial charge in [0.1, 0.15) is 11.6 Å². The molecule has 4 rings (SSSR count). The fourth-order valence-electron chi connectivity index (χ4n) is 3.75. The Morgan fingerprint density at radius 1 is 1.24 bits per heavy atom. The molecule has 1 fully saturated rings. The highest BCUT2D eigenvalue weighted by molar-refractivity contribution is 5.94. The zero-order valence-corrected chi connectivity index (χ0v) is 14.4. The Bertz CT molecular complexity index is 781. The average Bonchev–Trinajstić information content (AvgIpc) is 3.05. The molecule has 132 valence electrons. The van der Waals surface area contributed by atoms with Gasteiger partial charge in [-0.1, -0.05) is 24.2 Å². The lowest BCUT2D eigenvalue weighted by Crippen LogP contribution is -2.49. The molecule has 2 aliphatic rings. The maximum Gasteiger partial charge on any atom is 0.276 e. The van der Waals surface area contributed by atoms with Crippen LogP contribution in [0.3, 0.4) is 0 Å². The van der Waals surface area contributed by atoms with Crippen LogP contribution >= 0.6 is 0 Å². The number of anilines is 1. The van der Waals surface area contributed by atoms with Crippen LogP contribution in [0, 0.1) is 11.7 Å². The van der Waals surface area contributed by atoms with Gasteiger partial charge in [-0.25, -0.2) is 4.39 Å². The quantitative estimate of drug-likeness (QED) is 0.841. The molecular weight excluding hydrogens is 321 g/mol. The molecule has 2 aromatic rings. The standard InChI is InChI=1S/C19H22FN3O2/c1-13-6-7-17-14(12-13)18(21-25-17)19(24)23-10-8-22(9-11-23)16-5-3-2-4-15(16)20/h2-5,13H,6-12H2,1H3. The number of carbonyl (C=O) groups excluding carboxylic acids is 1. The Morgan fingerprint density at radius 3 is 2.76 bits per heavy atom. The topological polar surface area (TPSA) is 49.6 Å². The molecule has 1 aromatic carbocycles. The van der Waals surface area contributed by atoms with E-state index in [4.69, 9.17) is 4.52 Å². The van der Waals surface area contributed by atoms with Gasteiger partial charge in [0.15, 0.2) is 5.69 Å². The van der Waals surface area contributed by atoms with Crippen LogP contribution < -0.4 is 4.90 Å². The Morgan fingerprint density at radius 2 is 2.00 bits per heavy atom. The molecule has 1 amide bonds. The summed E-state index contributed by atoms with van der Waals surface area (Å²) in [6.45, 7) is 4.54. The molecule has 0 spiro atoms. The zero-order chi connectivity index (χ0) is 17.4. The summed E-state index contributed by atoms with van der Waals surface area (Å²) in [4.78, 5) is 16.6. The van der Waals surface area contributed by atoms with Gasteiger partial charge in [-0.3, -0.25) is 4.79 Å². The molecule has 0 saturated carbocycles. The molecule has 1 aromatic heterocycles. The lowest BCUT2D eigenvalue weighted by Gasteiger charge is -2.36. The molecule has 1 aliphatic heterocycles. The Hall–Kier alpha value is -2.37. The molecule has 0 N–H and O–H groups in total. The first kappa shape index (κ1) is 16.1. The second-order valence-corrected chi connectivity index (χ2v) is 7.01. The summed E-state index contributed by atoms with van der Waals surface area (Å²) in [6, 6.07) is 6.77. The molecule has 2 heterocycles. The minimum absolute atomic E-state index is 0.0627. The van der Waals surface area contributed by atoms with E-state index in [9.17, 15) is 9.18 Å². The zero-order valence-electron chi connectivity index (χ0n) is 14.4. The van der Waals surface area contributed by atoms with E-state index in [-0.39, 0.29) is 11.7 Å². The van der Waals surface area contributed by atoms with Crippen molar-refractivity contribution in [3.63, 3.8) is 0 Å². The first-order chi connectivity index (χ1) is 12.1. The van der Waals surface area contributed by atoms with Crippen LogP contribution in [0.25, 0.3) is 0 Å². The van der Waals surface area contributed by atoms with Gasteiger partial charge in [-0.05, 0) is 30.9 Å². The Balaban J connectivity index is 1.46. The van der Waals surface area contributed by atoms with E-state index in [1.165, 1.54) is 6.07 Å². The summed E-state index contributed by atoms with van der Waals surface area (Å²) in [5.74, 6) is 1.14. The largest absolute Gasteiger partial charge is 0.366 e. The Labute approximate surface area is 146 Å². The number of hydrogen-bond donors (Lipinski definition) is 0. The van der Waals surface area contributed by atoms with Crippen LogP contribution in [-0.2, 0) is 12.8 Å². The maximum absolute atomic E-state index is 13.9. The third-order valence-electron chi connectivity index (χ3n) is 5.25. The number of benzene rings is 1. The predicted molar refractivity (Wildman–Crippen MR) is 92.2 cm³/mol. The van der Waals surface area contributed by atoms with Gasteiger partial charge in [0, 0.05) is 38.2 Å². The van der Waals surface area contributed by atoms with Crippen LogP contribution in [0.2, 0.25) is 0 Å². The van der Waals surface area contributed by atoms with E-state index in [1.54, 1.807) is 17.0 Å². The highest BCUT2D eigenvalue weighted by atomic mass is 19.1. The number of piperazine rings is 1. The average molecular weight is 343 g/mol. The van der Waals surface area contributed by atoms with Crippen molar-refractivity contribution < 1.29 is 13.7 Å². The van der Waals surface area contributed by atoms with Gasteiger partial charge in [0.2, 0.25) is 0 Å². The number of hydrogen-bond acceptors (Lipinski definition) is 4. The molecule has 25 heavy (non-hydrogen) atoms. The van der Waals surface area contributed by atoms with Crippen LogP contribution in [0.1, 0.15) is 35.2 Å². The van der Waals surface area contributed by atoms with Gasteiger partial charge in [0.05, 0.1) is 5.69 Å². The number of rotatable bonds is 2. The summed E-state index contributed by atoms with van der Waals surface area (Å²) in [5, 5.41) is 4.06. The van der Waals surface area contributed by atoms with Crippen molar-refractivity contribution in [3.8, 4) is 0 Å².